The Balaban J connectivity index is 0.000000501. The second kappa shape index (κ2) is 12.1. The van der Waals surface area contributed by atoms with Gasteiger partial charge in [-0.3, -0.25) is 9.69 Å². The number of carboxylic acid groups (broad SMARTS) is 2. The van der Waals surface area contributed by atoms with Crippen LogP contribution in [-0.4, -0.2) is 66.3 Å². The third-order valence-corrected chi connectivity index (χ3v) is 5.70. The van der Waals surface area contributed by atoms with Crippen LogP contribution in [0.3, 0.4) is 0 Å². The van der Waals surface area contributed by atoms with E-state index >= 15 is 0 Å². The van der Waals surface area contributed by atoms with Gasteiger partial charge in [-0.1, -0.05) is 18.9 Å². The molecule has 1 aliphatic heterocycles. The molecule has 2 fully saturated rings. The number of carbonyl (C=O) groups is 3. The van der Waals surface area contributed by atoms with Crippen molar-refractivity contribution in [2.24, 2.45) is 5.92 Å². The van der Waals surface area contributed by atoms with Gasteiger partial charge in [0.05, 0.1) is 14.2 Å². The number of hydrogen-bond donors (Lipinski definition) is 3. The molecule has 0 bridgehead atoms. The SMILES string of the molecule is COc1ccc(CN2CCC(C(=O)NC3CCCC3)CC2)cc1OC.O=C(O)C(=O)O. The van der Waals surface area contributed by atoms with Crippen molar-refractivity contribution in [1.82, 2.24) is 10.2 Å². The highest BCUT2D eigenvalue weighted by molar-refractivity contribution is 6.27. The van der Waals surface area contributed by atoms with Crippen molar-refractivity contribution in [2.75, 3.05) is 27.3 Å². The molecule has 1 amide bonds. The van der Waals surface area contributed by atoms with Crippen molar-refractivity contribution in [3.63, 3.8) is 0 Å². The Bertz CT molecular complexity index is 742. The first-order valence-corrected chi connectivity index (χ1v) is 10.5. The van der Waals surface area contributed by atoms with E-state index in [2.05, 4.69) is 16.3 Å². The van der Waals surface area contributed by atoms with Gasteiger partial charge in [0.2, 0.25) is 5.91 Å². The summed E-state index contributed by atoms with van der Waals surface area (Å²) in [4.78, 5) is 33.0. The minimum atomic E-state index is -1.82. The second-order valence-corrected chi connectivity index (χ2v) is 7.84. The standard InChI is InChI=1S/C20H30N2O3.C2H2O4/c1-24-18-8-7-15(13-19(18)25-2)14-22-11-9-16(10-12-22)20(23)21-17-5-3-4-6-17;3-1(4)2(5)6/h7-8,13,16-17H,3-6,9-12,14H2,1-2H3,(H,21,23);(H,3,4)(H,5,6). The first-order chi connectivity index (χ1) is 14.8. The third kappa shape index (κ3) is 7.75. The highest BCUT2D eigenvalue weighted by Crippen LogP contribution is 2.29. The summed E-state index contributed by atoms with van der Waals surface area (Å²) in [7, 11) is 3.31. The Morgan fingerprint density at radius 1 is 0.968 bits per heavy atom. The van der Waals surface area contributed by atoms with Gasteiger partial charge in [-0.2, -0.15) is 0 Å². The monoisotopic (exact) mass is 436 g/mol. The first-order valence-electron chi connectivity index (χ1n) is 10.5. The predicted octanol–water partition coefficient (Wildman–Crippen LogP) is 2.13. The van der Waals surface area contributed by atoms with Crippen LogP contribution in [0.15, 0.2) is 18.2 Å². The Hall–Kier alpha value is -2.81. The maximum atomic E-state index is 12.4. The molecule has 172 valence electrons. The number of rotatable bonds is 6. The van der Waals surface area contributed by atoms with Crippen LogP contribution >= 0.6 is 0 Å². The number of likely N-dealkylation sites (tertiary alicyclic amines) is 1. The van der Waals surface area contributed by atoms with Crippen LogP contribution in [0.5, 0.6) is 11.5 Å². The molecule has 1 aromatic rings. The molecule has 9 nitrogen and oxygen atoms in total. The van der Waals surface area contributed by atoms with E-state index in [0.29, 0.717) is 6.04 Å². The average Bonchev–Trinajstić information content (AvgIpc) is 3.27. The van der Waals surface area contributed by atoms with Crippen molar-refractivity contribution < 1.29 is 34.1 Å². The summed E-state index contributed by atoms with van der Waals surface area (Å²) < 4.78 is 10.7. The lowest BCUT2D eigenvalue weighted by Crippen LogP contribution is -2.42. The van der Waals surface area contributed by atoms with E-state index in [1.165, 1.54) is 18.4 Å². The number of aliphatic carboxylic acids is 2. The topological polar surface area (TPSA) is 125 Å². The summed E-state index contributed by atoms with van der Waals surface area (Å²) in [5.74, 6) is -1.66. The number of carbonyl (C=O) groups excluding carboxylic acids is 1. The van der Waals surface area contributed by atoms with E-state index in [-0.39, 0.29) is 11.8 Å². The van der Waals surface area contributed by atoms with Crippen LogP contribution in [0, 0.1) is 5.92 Å². The van der Waals surface area contributed by atoms with E-state index < -0.39 is 11.9 Å². The molecule has 0 atom stereocenters. The van der Waals surface area contributed by atoms with Crippen molar-refractivity contribution in [3.8, 4) is 11.5 Å². The molecular formula is C22H32N2O7. The first kappa shape index (κ1) is 24.5. The Morgan fingerprint density at radius 3 is 2.06 bits per heavy atom. The van der Waals surface area contributed by atoms with Crippen LogP contribution in [0.4, 0.5) is 0 Å². The van der Waals surface area contributed by atoms with E-state index in [0.717, 1.165) is 56.8 Å². The van der Waals surface area contributed by atoms with Gasteiger partial charge in [-0.05, 0) is 56.5 Å². The number of ether oxygens (including phenoxy) is 2. The van der Waals surface area contributed by atoms with E-state index in [1.54, 1.807) is 14.2 Å². The quantitative estimate of drug-likeness (QED) is 0.579. The maximum Gasteiger partial charge on any atom is 0.414 e. The van der Waals surface area contributed by atoms with Gasteiger partial charge in [0.1, 0.15) is 0 Å². The number of amides is 1. The molecule has 1 saturated carbocycles. The largest absolute Gasteiger partial charge is 0.493 e. The zero-order chi connectivity index (χ0) is 22.8. The minimum Gasteiger partial charge on any atom is -0.493 e. The van der Waals surface area contributed by atoms with Crippen LogP contribution in [0.2, 0.25) is 0 Å². The van der Waals surface area contributed by atoms with Crippen LogP contribution in [0.1, 0.15) is 44.1 Å². The highest BCUT2D eigenvalue weighted by atomic mass is 16.5. The molecule has 1 heterocycles. The molecule has 9 heteroatoms. The number of benzene rings is 1. The van der Waals surface area contributed by atoms with Crippen LogP contribution in [0.25, 0.3) is 0 Å². The lowest BCUT2D eigenvalue weighted by Gasteiger charge is -2.32. The number of nitrogens with one attached hydrogen (secondary N) is 1. The lowest BCUT2D eigenvalue weighted by atomic mass is 9.95. The van der Waals surface area contributed by atoms with E-state index in [1.807, 2.05) is 12.1 Å². The van der Waals surface area contributed by atoms with E-state index in [4.69, 9.17) is 29.3 Å². The second-order valence-electron chi connectivity index (χ2n) is 7.84. The molecule has 1 aliphatic carbocycles. The van der Waals surface area contributed by atoms with Gasteiger partial charge in [0.25, 0.3) is 0 Å². The molecule has 1 aromatic carbocycles. The smallest absolute Gasteiger partial charge is 0.414 e. The fourth-order valence-electron chi connectivity index (χ4n) is 3.98. The molecule has 0 spiro atoms. The van der Waals surface area contributed by atoms with Crippen LogP contribution in [-0.2, 0) is 20.9 Å². The summed E-state index contributed by atoms with van der Waals surface area (Å²) in [6.07, 6.45) is 6.73. The van der Waals surface area contributed by atoms with Crippen molar-refractivity contribution in [3.05, 3.63) is 23.8 Å². The van der Waals surface area contributed by atoms with Gasteiger partial charge in [-0.25, -0.2) is 9.59 Å². The zero-order valence-electron chi connectivity index (χ0n) is 18.1. The Labute approximate surface area is 182 Å². The summed E-state index contributed by atoms with van der Waals surface area (Å²) in [6, 6.07) is 6.51. The van der Waals surface area contributed by atoms with Gasteiger partial charge in [0, 0.05) is 18.5 Å². The van der Waals surface area contributed by atoms with Gasteiger partial charge >= 0.3 is 11.9 Å². The number of nitrogens with zero attached hydrogens (tertiary/aromatic N) is 1. The lowest BCUT2D eigenvalue weighted by molar-refractivity contribution is -0.159. The van der Waals surface area contributed by atoms with Crippen LogP contribution < -0.4 is 14.8 Å². The molecule has 0 unspecified atom stereocenters. The fourth-order valence-corrected chi connectivity index (χ4v) is 3.98. The molecule has 2 aliphatic rings. The fraction of sp³-hybridized carbons (Fsp3) is 0.591. The van der Waals surface area contributed by atoms with Gasteiger partial charge < -0.3 is 25.0 Å². The summed E-state index contributed by atoms with van der Waals surface area (Å²) >= 11 is 0. The molecule has 1 saturated heterocycles. The summed E-state index contributed by atoms with van der Waals surface area (Å²) in [5.41, 5.74) is 1.21. The minimum absolute atomic E-state index is 0.183. The molecule has 31 heavy (non-hydrogen) atoms. The predicted molar refractivity (Wildman–Crippen MR) is 113 cm³/mol. The summed E-state index contributed by atoms with van der Waals surface area (Å²) in [5, 5.41) is 18.0. The molecule has 0 radical (unpaired) electrons. The number of carboxylic acids is 2. The Morgan fingerprint density at radius 2 is 1.55 bits per heavy atom. The molecular weight excluding hydrogens is 404 g/mol. The van der Waals surface area contributed by atoms with Crippen molar-refractivity contribution in [2.45, 2.75) is 51.1 Å². The van der Waals surface area contributed by atoms with Crippen molar-refractivity contribution >= 4 is 17.8 Å². The van der Waals surface area contributed by atoms with Gasteiger partial charge in [0.15, 0.2) is 11.5 Å². The number of hydrogen-bond acceptors (Lipinski definition) is 6. The molecule has 3 N–H and O–H groups in total. The number of methoxy groups -OCH3 is 2. The van der Waals surface area contributed by atoms with Crippen molar-refractivity contribution in [1.29, 1.82) is 0 Å². The van der Waals surface area contributed by atoms with E-state index in [9.17, 15) is 4.79 Å². The molecule has 0 aromatic heterocycles. The Kier molecular flexibility index (Phi) is 9.58. The average molecular weight is 437 g/mol. The van der Waals surface area contributed by atoms with Gasteiger partial charge in [-0.15, -0.1) is 0 Å². The number of piperidine rings is 1. The molecule has 3 rings (SSSR count). The third-order valence-electron chi connectivity index (χ3n) is 5.70. The summed E-state index contributed by atoms with van der Waals surface area (Å²) in [6.45, 7) is 2.82. The zero-order valence-corrected chi connectivity index (χ0v) is 18.1. The normalized spacial score (nSPS) is 17.4. The maximum absolute atomic E-state index is 12.4. The highest BCUT2D eigenvalue weighted by Gasteiger charge is 2.27.